The van der Waals surface area contributed by atoms with Crippen molar-refractivity contribution in [2.75, 3.05) is 44.9 Å². The van der Waals surface area contributed by atoms with Gasteiger partial charge in [0, 0.05) is 18.4 Å². The highest BCUT2D eigenvalue weighted by atomic mass is 19.4. The van der Waals surface area contributed by atoms with Crippen molar-refractivity contribution >= 4 is 17.6 Å². The molecular formula is C18H24F3N3O8. The highest BCUT2D eigenvalue weighted by Crippen LogP contribution is 2.29. The van der Waals surface area contributed by atoms with Crippen LogP contribution >= 0.6 is 0 Å². The molecule has 32 heavy (non-hydrogen) atoms. The largest absolute Gasteiger partial charge is 0.480 e. The SMILES string of the molecule is O=C(O)COCCOCC(=O)NC[C@H]1OC[C@H](Nc2ccnc(C(F)(F)F)c2)[C@@H](O)[C@H]1O. The van der Waals surface area contributed by atoms with Crippen LogP contribution in [-0.2, 0) is 30.0 Å². The molecule has 2 rings (SSSR count). The van der Waals surface area contributed by atoms with Crippen LogP contribution < -0.4 is 10.6 Å². The Morgan fingerprint density at radius 3 is 2.53 bits per heavy atom. The lowest BCUT2D eigenvalue weighted by Gasteiger charge is -2.38. The number of carbonyl (C=O) groups excluding carboxylic acids is 1. The monoisotopic (exact) mass is 467 g/mol. The second-order valence-electron chi connectivity index (χ2n) is 6.83. The Bertz CT molecular complexity index is 767. The average Bonchev–Trinajstić information content (AvgIpc) is 2.73. The van der Waals surface area contributed by atoms with Gasteiger partial charge >= 0.3 is 12.1 Å². The third kappa shape index (κ3) is 8.20. The number of carboxylic acid groups (broad SMARTS) is 1. The van der Waals surface area contributed by atoms with E-state index < -0.39 is 54.7 Å². The normalized spacial score (nSPS) is 23.5. The molecule has 1 fully saturated rings. The first-order chi connectivity index (χ1) is 15.1. The minimum Gasteiger partial charge on any atom is -0.480 e. The molecule has 1 aliphatic rings. The summed E-state index contributed by atoms with van der Waals surface area (Å²) in [7, 11) is 0. The zero-order valence-electron chi connectivity index (χ0n) is 16.7. The first kappa shape index (κ1) is 25.7. The van der Waals surface area contributed by atoms with Gasteiger partial charge in [-0.25, -0.2) is 4.79 Å². The van der Waals surface area contributed by atoms with Crippen LogP contribution in [0.5, 0.6) is 0 Å². The van der Waals surface area contributed by atoms with Crippen molar-refractivity contribution in [2.45, 2.75) is 30.5 Å². The molecule has 1 saturated heterocycles. The Hall–Kier alpha value is -2.52. The van der Waals surface area contributed by atoms with Crippen molar-refractivity contribution in [3.05, 3.63) is 24.0 Å². The van der Waals surface area contributed by atoms with Crippen molar-refractivity contribution in [3.8, 4) is 0 Å². The maximum atomic E-state index is 12.8. The minimum atomic E-state index is -4.63. The number of anilines is 1. The third-order valence-corrected chi connectivity index (χ3v) is 4.37. The van der Waals surface area contributed by atoms with Crippen LogP contribution in [0.4, 0.5) is 18.9 Å². The van der Waals surface area contributed by atoms with E-state index >= 15 is 0 Å². The van der Waals surface area contributed by atoms with Gasteiger partial charge in [-0.05, 0) is 12.1 Å². The molecule has 1 aromatic rings. The number of hydrogen-bond donors (Lipinski definition) is 5. The van der Waals surface area contributed by atoms with Crippen molar-refractivity contribution in [3.63, 3.8) is 0 Å². The number of carbonyl (C=O) groups is 2. The second-order valence-corrected chi connectivity index (χ2v) is 6.83. The Morgan fingerprint density at radius 1 is 1.19 bits per heavy atom. The lowest BCUT2D eigenvalue weighted by Crippen LogP contribution is -2.58. The molecule has 0 unspecified atom stereocenters. The van der Waals surface area contributed by atoms with E-state index in [1.165, 1.54) is 6.07 Å². The van der Waals surface area contributed by atoms with E-state index in [1.54, 1.807) is 0 Å². The van der Waals surface area contributed by atoms with Gasteiger partial charge in [0.1, 0.15) is 37.2 Å². The molecule has 0 aliphatic carbocycles. The summed E-state index contributed by atoms with van der Waals surface area (Å²) in [4.78, 5) is 25.3. The predicted octanol–water partition coefficient (Wildman–Crippen LogP) is -0.764. The summed E-state index contributed by atoms with van der Waals surface area (Å²) in [6.45, 7) is -1.10. The number of aliphatic hydroxyl groups excluding tert-OH is 2. The maximum Gasteiger partial charge on any atom is 0.433 e. The summed E-state index contributed by atoms with van der Waals surface area (Å²) < 4.78 is 53.5. The number of hydrogen-bond acceptors (Lipinski definition) is 9. The fraction of sp³-hybridized carbons (Fsp3) is 0.611. The van der Waals surface area contributed by atoms with Crippen LogP contribution in [0.2, 0.25) is 0 Å². The first-order valence-corrected chi connectivity index (χ1v) is 9.49. The number of nitrogens with zero attached hydrogens (tertiary/aromatic N) is 1. The van der Waals surface area contributed by atoms with Gasteiger partial charge in [-0.1, -0.05) is 0 Å². The Labute approximate surface area is 180 Å². The minimum absolute atomic E-state index is 0.000373. The lowest BCUT2D eigenvalue weighted by atomic mass is 9.97. The summed E-state index contributed by atoms with van der Waals surface area (Å²) in [5.74, 6) is -1.66. The maximum absolute atomic E-state index is 12.8. The number of carboxylic acids is 1. The van der Waals surface area contributed by atoms with Crippen LogP contribution in [0.1, 0.15) is 5.69 Å². The van der Waals surface area contributed by atoms with Crippen molar-refractivity contribution < 1.29 is 52.3 Å². The topological polar surface area (TPSA) is 159 Å². The highest BCUT2D eigenvalue weighted by molar-refractivity contribution is 5.77. The zero-order valence-corrected chi connectivity index (χ0v) is 16.7. The van der Waals surface area contributed by atoms with Gasteiger partial charge in [0.15, 0.2) is 0 Å². The van der Waals surface area contributed by atoms with Gasteiger partial charge in [-0.15, -0.1) is 0 Å². The van der Waals surface area contributed by atoms with Crippen LogP contribution in [-0.4, -0.2) is 96.1 Å². The predicted molar refractivity (Wildman–Crippen MR) is 101 cm³/mol. The molecule has 4 atom stereocenters. The van der Waals surface area contributed by atoms with Crippen molar-refractivity contribution in [1.82, 2.24) is 10.3 Å². The number of halogens is 3. The molecule has 0 bridgehead atoms. The van der Waals surface area contributed by atoms with E-state index in [4.69, 9.17) is 19.3 Å². The van der Waals surface area contributed by atoms with Crippen LogP contribution in [0.3, 0.4) is 0 Å². The van der Waals surface area contributed by atoms with Crippen LogP contribution in [0.15, 0.2) is 18.3 Å². The summed E-state index contributed by atoms with van der Waals surface area (Å²) in [5, 5.41) is 34.1. The van der Waals surface area contributed by atoms with Crippen LogP contribution in [0, 0.1) is 0 Å². The van der Waals surface area contributed by atoms with Gasteiger partial charge in [0.05, 0.1) is 25.9 Å². The molecule has 180 valence electrons. The van der Waals surface area contributed by atoms with Crippen LogP contribution in [0.25, 0.3) is 0 Å². The average molecular weight is 467 g/mol. The summed E-state index contributed by atoms with van der Waals surface area (Å²) >= 11 is 0. The first-order valence-electron chi connectivity index (χ1n) is 9.49. The zero-order chi connectivity index (χ0) is 23.7. The van der Waals surface area contributed by atoms with E-state index in [9.17, 15) is 33.0 Å². The molecule has 1 amide bonds. The third-order valence-electron chi connectivity index (χ3n) is 4.37. The number of aromatic nitrogens is 1. The number of ether oxygens (including phenoxy) is 3. The molecule has 1 aromatic heterocycles. The summed E-state index contributed by atoms with van der Waals surface area (Å²) in [6, 6.07) is 1.17. The lowest BCUT2D eigenvalue weighted by molar-refractivity contribution is -0.144. The molecule has 0 spiro atoms. The fourth-order valence-electron chi connectivity index (χ4n) is 2.79. The Balaban J connectivity index is 1.74. The van der Waals surface area contributed by atoms with E-state index in [2.05, 4.69) is 15.6 Å². The number of rotatable bonds is 11. The number of aliphatic carboxylic acids is 1. The number of alkyl halides is 3. The smallest absolute Gasteiger partial charge is 0.433 e. The van der Waals surface area contributed by atoms with E-state index in [-0.39, 0.29) is 38.7 Å². The molecule has 0 radical (unpaired) electrons. The fourth-order valence-corrected chi connectivity index (χ4v) is 2.79. The van der Waals surface area contributed by atoms with Gasteiger partial charge in [-0.2, -0.15) is 13.2 Å². The van der Waals surface area contributed by atoms with E-state index in [1.807, 2.05) is 0 Å². The molecule has 0 saturated carbocycles. The standard InChI is InChI=1S/C18H24F3N3O8/c19-18(20,21)13-5-10(1-2-22-13)24-11-7-32-12(17(29)16(11)28)6-23-14(25)8-30-3-4-31-9-15(26)27/h1-2,5,11-12,16-17,28-29H,3-4,6-9H2,(H,22,24)(H,23,25)(H,26,27)/t11-,12+,16+,17-/m0/s1. The molecule has 14 heteroatoms. The van der Waals surface area contributed by atoms with Crippen molar-refractivity contribution in [2.24, 2.45) is 0 Å². The molecule has 11 nitrogen and oxygen atoms in total. The summed E-state index contributed by atoms with van der Waals surface area (Å²) in [6.07, 6.45) is -7.41. The number of aliphatic hydroxyl groups is 2. The van der Waals surface area contributed by atoms with Gasteiger partial charge in [0.2, 0.25) is 5.91 Å². The quantitative estimate of drug-likeness (QED) is 0.262. The Kier molecular flexibility index (Phi) is 9.59. The molecule has 0 aromatic carbocycles. The molecule has 5 N–H and O–H groups in total. The van der Waals surface area contributed by atoms with Gasteiger partial charge in [-0.3, -0.25) is 9.78 Å². The Morgan fingerprint density at radius 2 is 1.88 bits per heavy atom. The highest BCUT2D eigenvalue weighted by Gasteiger charge is 2.39. The van der Waals surface area contributed by atoms with E-state index in [0.29, 0.717) is 0 Å². The van der Waals surface area contributed by atoms with Gasteiger partial charge in [0.25, 0.3) is 0 Å². The number of nitrogens with one attached hydrogen (secondary N) is 2. The second kappa shape index (κ2) is 11.9. The van der Waals surface area contributed by atoms with Crippen molar-refractivity contribution in [1.29, 1.82) is 0 Å². The van der Waals surface area contributed by atoms with Gasteiger partial charge < -0.3 is 40.2 Å². The molecule has 2 heterocycles. The number of amides is 1. The van der Waals surface area contributed by atoms with E-state index in [0.717, 1.165) is 12.3 Å². The molecule has 1 aliphatic heterocycles. The molecular weight excluding hydrogens is 443 g/mol. The summed E-state index contributed by atoms with van der Waals surface area (Å²) in [5.41, 5.74) is -1.06. The number of pyridine rings is 1.